The van der Waals surface area contributed by atoms with Crippen LogP contribution >= 0.6 is 11.3 Å². The molecule has 0 radical (unpaired) electrons. The highest BCUT2D eigenvalue weighted by Gasteiger charge is 2.19. The molecular weight excluding hydrogens is 378 g/mol. The van der Waals surface area contributed by atoms with Gasteiger partial charge in [-0.15, -0.1) is 11.3 Å². The quantitative estimate of drug-likeness (QED) is 0.468. The number of ketones is 1. The van der Waals surface area contributed by atoms with Crippen LogP contribution in [0.5, 0.6) is 0 Å². The number of Topliss-reactive ketones (excluding diaryl/α,β-unsaturated/α-hetero) is 1. The smallest absolute Gasteiger partial charge is 0.349 e. The van der Waals surface area contributed by atoms with Crippen molar-refractivity contribution in [1.82, 2.24) is 0 Å². The maximum Gasteiger partial charge on any atom is 0.349 e. The molecule has 6 nitrogen and oxygen atoms in total. The van der Waals surface area contributed by atoms with Crippen LogP contribution in [0.25, 0.3) is 0 Å². The minimum atomic E-state index is -0.598. The van der Waals surface area contributed by atoms with Crippen LogP contribution in [0.4, 0.5) is 5.00 Å². The second kappa shape index (κ2) is 8.67. The highest BCUT2D eigenvalue weighted by Crippen LogP contribution is 2.28. The van der Waals surface area contributed by atoms with Crippen LogP contribution in [-0.2, 0) is 11.2 Å². The molecular formula is C21H19NO5S. The van der Waals surface area contributed by atoms with Crippen LogP contribution in [0.15, 0.2) is 53.1 Å². The third-order valence-electron chi connectivity index (χ3n) is 4.10. The molecule has 7 heteroatoms. The summed E-state index contributed by atoms with van der Waals surface area (Å²) in [4.78, 5) is 36.9. The molecule has 0 saturated heterocycles. The number of carbonyl (C=O) groups is 3. The van der Waals surface area contributed by atoms with Gasteiger partial charge in [0.25, 0.3) is 5.91 Å². The average Bonchev–Trinajstić information content (AvgIpc) is 3.36. The van der Waals surface area contributed by atoms with Gasteiger partial charge < -0.3 is 14.5 Å². The van der Waals surface area contributed by atoms with Gasteiger partial charge in [0.15, 0.2) is 18.2 Å². The lowest BCUT2D eigenvalue weighted by atomic mass is 10.1. The van der Waals surface area contributed by atoms with Crippen molar-refractivity contribution in [2.24, 2.45) is 0 Å². The van der Waals surface area contributed by atoms with Crippen molar-refractivity contribution in [1.29, 1.82) is 0 Å². The number of hydrogen-bond donors (Lipinski definition) is 1. The Balaban J connectivity index is 1.60. The van der Waals surface area contributed by atoms with E-state index >= 15 is 0 Å². The van der Waals surface area contributed by atoms with E-state index < -0.39 is 11.9 Å². The summed E-state index contributed by atoms with van der Waals surface area (Å²) in [7, 11) is 0. The first-order valence-electron chi connectivity index (χ1n) is 8.72. The molecule has 144 valence electrons. The molecule has 0 aliphatic rings. The summed E-state index contributed by atoms with van der Waals surface area (Å²) in [6.45, 7) is 3.43. The van der Waals surface area contributed by atoms with E-state index in [4.69, 9.17) is 9.15 Å². The zero-order chi connectivity index (χ0) is 20.1. The second-order valence-corrected chi connectivity index (χ2v) is 7.16. The van der Waals surface area contributed by atoms with Crippen LogP contribution in [0.1, 0.15) is 48.6 Å². The molecule has 2 heterocycles. The van der Waals surface area contributed by atoms with Gasteiger partial charge in [0.05, 0.1) is 11.3 Å². The van der Waals surface area contributed by atoms with Crippen LogP contribution in [-0.4, -0.2) is 24.3 Å². The Labute approximate surface area is 166 Å². The fraction of sp³-hybridized carbons (Fsp3) is 0.190. The number of thiophene rings is 1. The second-order valence-electron chi connectivity index (χ2n) is 6.10. The summed E-state index contributed by atoms with van der Waals surface area (Å²) < 4.78 is 10.2. The lowest BCUT2D eigenvalue weighted by Gasteiger charge is -2.04. The number of furan rings is 1. The van der Waals surface area contributed by atoms with E-state index in [1.54, 1.807) is 37.3 Å². The Kier molecular flexibility index (Phi) is 6.06. The maximum absolute atomic E-state index is 12.3. The van der Waals surface area contributed by atoms with Crippen molar-refractivity contribution < 1.29 is 23.5 Å². The van der Waals surface area contributed by atoms with Gasteiger partial charge in [0, 0.05) is 5.56 Å². The highest BCUT2D eigenvalue weighted by atomic mass is 32.1. The van der Waals surface area contributed by atoms with E-state index in [9.17, 15) is 14.4 Å². The van der Waals surface area contributed by atoms with Crippen LogP contribution in [0.3, 0.4) is 0 Å². The molecule has 0 aliphatic heterocycles. The third kappa shape index (κ3) is 4.55. The zero-order valence-corrected chi connectivity index (χ0v) is 16.3. The van der Waals surface area contributed by atoms with Crippen molar-refractivity contribution >= 4 is 34.0 Å². The minimum Gasteiger partial charge on any atom is -0.459 e. The van der Waals surface area contributed by atoms with E-state index in [2.05, 4.69) is 5.32 Å². The molecule has 1 aromatic carbocycles. The van der Waals surface area contributed by atoms with Gasteiger partial charge in [0.1, 0.15) is 4.88 Å². The molecule has 0 bridgehead atoms. The fourth-order valence-corrected chi connectivity index (χ4v) is 3.50. The number of aryl methyl sites for hydroxylation is 2. The van der Waals surface area contributed by atoms with E-state index in [1.807, 2.05) is 19.1 Å². The first-order valence-corrected chi connectivity index (χ1v) is 9.54. The van der Waals surface area contributed by atoms with Crippen molar-refractivity contribution in [3.05, 3.63) is 76.1 Å². The summed E-state index contributed by atoms with van der Waals surface area (Å²) in [5, 5.41) is 3.17. The number of amides is 1. The highest BCUT2D eigenvalue weighted by molar-refractivity contribution is 7.18. The maximum atomic E-state index is 12.3. The number of anilines is 1. The Bertz CT molecular complexity index is 986. The molecule has 1 N–H and O–H groups in total. The Hall–Kier alpha value is -3.19. The molecule has 3 aromatic rings. The summed E-state index contributed by atoms with van der Waals surface area (Å²) >= 11 is 1.09. The van der Waals surface area contributed by atoms with Crippen LogP contribution in [0, 0.1) is 6.92 Å². The number of rotatable bonds is 7. The SMILES string of the molecule is CCc1ccc(C(=O)COC(=O)c2sc(NC(=O)c3ccco3)cc2C)cc1. The molecule has 28 heavy (non-hydrogen) atoms. The van der Waals surface area contributed by atoms with Gasteiger partial charge >= 0.3 is 5.97 Å². The number of nitrogens with one attached hydrogen (secondary N) is 1. The summed E-state index contributed by atoms with van der Waals surface area (Å²) in [6.07, 6.45) is 2.30. The fourth-order valence-electron chi connectivity index (χ4n) is 2.53. The van der Waals surface area contributed by atoms with Gasteiger partial charge in [-0.05, 0) is 42.7 Å². The van der Waals surface area contributed by atoms with E-state index in [0.29, 0.717) is 21.0 Å². The molecule has 0 spiro atoms. The monoisotopic (exact) mass is 397 g/mol. The van der Waals surface area contributed by atoms with Gasteiger partial charge in [-0.3, -0.25) is 9.59 Å². The molecule has 0 unspecified atom stereocenters. The third-order valence-corrected chi connectivity index (χ3v) is 5.24. The first-order chi connectivity index (χ1) is 13.5. The first kappa shape index (κ1) is 19.6. The molecule has 3 rings (SSSR count). The zero-order valence-electron chi connectivity index (χ0n) is 15.5. The van der Waals surface area contributed by atoms with Crippen LogP contribution in [0.2, 0.25) is 0 Å². The summed E-state index contributed by atoms with van der Waals surface area (Å²) in [5.41, 5.74) is 2.29. The van der Waals surface area contributed by atoms with E-state index in [-0.39, 0.29) is 18.2 Å². The standard InChI is InChI=1S/C21H19NO5S/c1-3-14-6-8-15(9-7-14)16(23)12-27-21(25)19-13(2)11-18(28-19)22-20(24)17-5-4-10-26-17/h4-11H,3,12H2,1-2H3,(H,22,24). The van der Waals surface area contributed by atoms with Gasteiger partial charge in [-0.2, -0.15) is 0 Å². The topological polar surface area (TPSA) is 85.6 Å². The molecule has 0 saturated carbocycles. The van der Waals surface area contributed by atoms with Crippen molar-refractivity contribution in [2.75, 3.05) is 11.9 Å². The molecule has 0 atom stereocenters. The number of carbonyl (C=O) groups excluding carboxylic acids is 3. The Morgan fingerprint density at radius 3 is 2.54 bits per heavy atom. The predicted octanol–water partition coefficient (Wildman–Crippen LogP) is 4.50. The number of benzene rings is 1. The summed E-state index contributed by atoms with van der Waals surface area (Å²) in [6, 6.07) is 12.1. The van der Waals surface area contributed by atoms with Crippen LogP contribution < -0.4 is 5.32 Å². The number of esters is 1. The van der Waals surface area contributed by atoms with Crippen molar-refractivity contribution in [2.45, 2.75) is 20.3 Å². The van der Waals surface area contributed by atoms with Gasteiger partial charge in [-0.25, -0.2) is 4.79 Å². The molecule has 2 aromatic heterocycles. The Morgan fingerprint density at radius 2 is 1.89 bits per heavy atom. The summed E-state index contributed by atoms with van der Waals surface area (Å²) in [5.74, 6) is -1.09. The van der Waals surface area contributed by atoms with Crippen molar-refractivity contribution in [3.63, 3.8) is 0 Å². The predicted molar refractivity (Wildman–Crippen MR) is 106 cm³/mol. The Morgan fingerprint density at radius 1 is 1.14 bits per heavy atom. The van der Waals surface area contributed by atoms with E-state index in [1.165, 1.54) is 6.26 Å². The number of ether oxygens (including phenoxy) is 1. The number of hydrogen-bond acceptors (Lipinski definition) is 6. The molecule has 0 aliphatic carbocycles. The van der Waals surface area contributed by atoms with Gasteiger partial charge in [0.2, 0.25) is 0 Å². The normalized spacial score (nSPS) is 10.5. The molecule has 1 amide bonds. The largest absolute Gasteiger partial charge is 0.459 e. The van der Waals surface area contributed by atoms with Crippen molar-refractivity contribution in [3.8, 4) is 0 Å². The average molecular weight is 397 g/mol. The lowest BCUT2D eigenvalue weighted by Crippen LogP contribution is -2.14. The van der Waals surface area contributed by atoms with Gasteiger partial charge in [-0.1, -0.05) is 31.2 Å². The van der Waals surface area contributed by atoms with E-state index in [0.717, 1.165) is 23.3 Å². The minimum absolute atomic E-state index is 0.176. The lowest BCUT2D eigenvalue weighted by molar-refractivity contribution is 0.0479. The molecule has 0 fully saturated rings.